The molecule has 1 amide bonds. The molecule has 3 aliphatic rings. The van der Waals surface area contributed by atoms with E-state index in [0.717, 1.165) is 50.5 Å². The lowest BCUT2D eigenvalue weighted by Crippen LogP contribution is -2.46. The zero-order chi connectivity index (χ0) is 30.3. The summed E-state index contributed by atoms with van der Waals surface area (Å²) in [5, 5.41) is 2.39. The number of likely N-dealkylation sites (N-methyl/N-ethyl adjacent to an activating group) is 1. The number of aldehydes is 1. The number of pyridine rings is 1. The largest absolute Gasteiger partial charge is 0.416 e. The van der Waals surface area contributed by atoms with E-state index < -0.39 is 17.6 Å². The van der Waals surface area contributed by atoms with Crippen molar-refractivity contribution in [1.82, 2.24) is 14.8 Å². The normalized spacial score (nSPS) is 20.1. The topological polar surface area (TPSA) is 126 Å². The first-order chi connectivity index (χ1) is 20.1. The summed E-state index contributed by atoms with van der Waals surface area (Å²) in [6, 6.07) is 7.97. The van der Waals surface area contributed by atoms with Gasteiger partial charge >= 0.3 is 6.18 Å². The molecule has 1 atom stereocenters. The highest BCUT2D eigenvalue weighted by Gasteiger charge is 2.31. The van der Waals surface area contributed by atoms with E-state index in [4.69, 9.17) is 10.5 Å². The summed E-state index contributed by atoms with van der Waals surface area (Å²) in [4.78, 5) is 38.5. The minimum absolute atomic E-state index is 0.0501. The molecule has 10 nitrogen and oxygen atoms in total. The molecule has 222 valence electrons. The number of hydrogen-bond acceptors (Lipinski definition) is 9. The van der Waals surface area contributed by atoms with Gasteiger partial charge < -0.3 is 30.4 Å². The van der Waals surface area contributed by atoms with Gasteiger partial charge in [0.25, 0.3) is 5.91 Å². The number of nitrogens with one attached hydrogen (secondary N) is 1. The number of nitrogens with two attached hydrogens (primary N) is 1. The number of carbonyl (C=O) groups excluding carboxylic acids is 2. The molecule has 0 spiro atoms. The van der Waals surface area contributed by atoms with Gasteiger partial charge in [-0.05, 0) is 50.9 Å². The van der Waals surface area contributed by atoms with Crippen LogP contribution in [-0.4, -0.2) is 78.9 Å². The fourth-order valence-corrected chi connectivity index (χ4v) is 4.26. The van der Waals surface area contributed by atoms with Gasteiger partial charge in [-0.25, -0.2) is 9.98 Å². The van der Waals surface area contributed by atoms with Crippen LogP contribution in [0.25, 0.3) is 5.70 Å². The van der Waals surface area contributed by atoms with Gasteiger partial charge in [-0.15, -0.1) is 0 Å². The molecular formula is C29H32F3N7O3. The Morgan fingerprint density at radius 1 is 1.24 bits per heavy atom. The van der Waals surface area contributed by atoms with Gasteiger partial charge in [0, 0.05) is 48.7 Å². The molecule has 0 radical (unpaired) electrons. The Kier molecular flexibility index (Phi) is 9.86. The number of morpholine rings is 1. The Labute approximate surface area is 241 Å². The number of hydrogen-bond donors (Lipinski definition) is 2. The Morgan fingerprint density at radius 2 is 1.95 bits per heavy atom. The number of nitrogens with zero attached hydrogens (tertiary/aromatic N) is 5. The fourth-order valence-electron chi connectivity index (χ4n) is 4.26. The third kappa shape index (κ3) is 8.10. The number of carbonyl (C=O) groups is 2. The second-order valence-electron chi connectivity index (χ2n) is 10.0. The highest BCUT2D eigenvalue weighted by molar-refractivity contribution is 6.06. The number of aliphatic imine (C=N–C) groups is 2. The third-order valence-corrected chi connectivity index (χ3v) is 6.68. The molecule has 13 heteroatoms. The average Bonchev–Trinajstić information content (AvgIpc) is 3.80. The van der Waals surface area contributed by atoms with Crippen molar-refractivity contribution in [1.29, 1.82) is 0 Å². The summed E-state index contributed by atoms with van der Waals surface area (Å²) in [5.74, 6) is -0.105. The lowest BCUT2D eigenvalue weighted by molar-refractivity contribution is -0.137. The standard InChI is InChI=1S/C25H26F3N7O2.C4H6O/c1-30-21(22-23(29)32-9-10-35(22)15-19-14-34(2)11-12-37-19)16-3-5-17(6-4-16)24(36)33-20-13-18(7-8-31-20)25(26,27)28;5-3-4-1-2-4/h3-10,13,19H,1,11-12,14-15H2,2H3,(H2,29,32)(H,31,33,36);3-4H,1-2H2/b22-21-;. The second-order valence-corrected chi connectivity index (χ2v) is 10.0. The molecular weight excluding hydrogens is 551 g/mol. The van der Waals surface area contributed by atoms with Crippen LogP contribution in [0, 0.1) is 5.92 Å². The molecule has 5 rings (SSSR count). The van der Waals surface area contributed by atoms with E-state index in [2.05, 4.69) is 31.9 Å². The molecule has 42 heavy (non-hydrogen) atoms. The van der Waals surface area contributed by atoms with Crippen LogP contribution < -0.4 is 11.1 Å². The van der Waals surface area contributed by atoms with E-state index >= 15 is 0 Å². The van der Waals surface area contributed by atoms with Crippen molar-refractivity contribution in [2.45, 2.75) is 25.1 Å². The van der Waals surface area contributed by atoms with Crippen molar-refractivity contribution >= 4 is 36.3 Å². The highest BCUT2D eigenvalue weighted by atomic mass is 19.4. The number of halogens is 3. The zero-order valence-electron chi connectivity index (χ0n) is 23.1. The van der Waals surface area contributed by atoms with Crippen molar-refractivity contribution in [3.63, 3.8) is 0 Å². The molecule has 3 heterocycles. The van der Waals surface area contributed by atoms with Crippen LogP contribution in [0.1, 0.15) is 34.3 Å². The van der Waals surface area contributed by atoms with E-state index in [0.29, 0.717) is 36.0 Å². The minimum Gasteiger partial charge on any atom is -0.382 e. The van der Waals surface area contributed by atoms with Crippen LogP contribution in [0.5, 0.6) is 0 Å². The molecule has 1 aliphatic carbocycles. The maximum Gasteiger partial charge on any atom is 0.416 e. The van der Waals surface area contributed by atoms with Crippen molar-refractivity contribution in [2.24, 2.45) is 21.6 Å². The van der Waals surface area contributed by atoms with E-state index in [-0.39, 0.29) is 23.3 Å². The number of rotatable bonds is 7. The lowest BCUT2D eigenvalue weighted by atomic mass is 10.1. The molecule has 2 aliphatic heterocycles. The molecule has 1 aromatic carbocycles. The quantitative estimate of drug-likeness (QED) is 0.375. The molecule has 2 fully saturated rings. The number of benzene rings is 1. The van der Waals surface area contributed by atoms with E-state index in [1.165, 1.54) is 12.1 Å². The highest BCUT2D eigenvalue weighted by Crippen LogP contribution is 2.30. The predicted molar refractivity (Wildman–Crippen MR) is 154 cm³/mol. The molecule has 1 saturated heterocycles. The van der Waals surface area contributed by atoms with Crippen LogP contribution >= 0.6 is 0 Å². The van der Waals surface area contributed by atoms with Crippen molar-refractivity contribution < 1.29 is 27.5 Å². The molecule has 0 bridgehead atoms. The number of aromatic nitrogens is 1. The van der Waals surface area contributed by atoms with Gasteiger partial charge in [-0.3, -0.25) is 9.79 Å². The third-order valence-electron chi connectivity index (χ3n) is 6.68. The van der Waals surface area contributed by atoms with Gasteiger partial charge in [-0.1, -0.05) is 12.1 Å². The summed E-state index contributed by atoms with van der Waals surface area (Å²) in [5.41, 5.74) is 7.18. The zero-order valence-corrected chi connectivity index (χ0v) is 23.1. The lowest BCUT2D eigenvalue weighted by Gasteiger charge is -2.35. The summed E-state index contributed by atoms with van der Waals surface area (Å²) < 4.78 is 44.7. The average molecular weight is 584 g/mol. The molecule has 2 aromatic rings. The summed E-state index contributed by atoms with van der Waals surface area (Å²) >= 11 is 0. The van der Waals surface area contributed by atoms with Crippen LogP contribution in [0.15, 0.2) is 70.7 Å². The first kappa shape index (κ1) is 30.6. The van der Waals surface area contributed by atoms with Gasteiger partial charge in [0.05, 0.1) is 30.5 Å². The summed E-state index contributed by atoms with van der Waals surface area (Å²) in [6.07, 6.45) is 3.10. The molecule has 3 N–H and O–H groups in total. The van der Waals surface area contributed by atoms with E-state index in [9.17, 15) is 22.8 Å². The fraction of sp³-hybridized carbons (Fsp3) is 0.345. The molecule has 1 aromatic heterocycles. The van der Waals surface area contributed by atoms with Crippen LogP contribution in [-0.2, 0) is 15.7 Å². The Morgan fingerprint density at radius 3 is 2.55 bits per heavy atom. The van der Waals surface area contributed by atoms with E-state index in [1.807, 2.05) is 11.9 Å². The Hall–Kier alpha value is -4.36. The number of ether oxygens (including phenoxy) is 1. The van der Waals surface area contributed by atoms with Gasteiger partial charge in [0.1, 0.15) is 23.6 Å². The molecule has 1 saturated carbocycles. The van der Waals surface area contributed by atoms with E-state index in [1.54, 1.807) is 24.5 Å². The summed E-state index contributed by atoms with van der Waals surface area (Å²) in [6.45, 7) is 6.47. The first-order valence-electron chi connectivity index (χ1n) is 13.3. The Balaban J connectivity index is 0.000000732. The SMILES string of the molecule is C=N/C(=C1/C(N)=NC=CN1CC1CN(C)CCO1)c1ccc(C(=O)Nc2cc(C(F)(F)F)ccn2)cc1.O=CC1CC1. The van der Waals surface area contributed by atoms with Crippen molar-refractivity contribution in [2.75, 3.05) is 38.6 Å². The maximum absolute atomic E-state index is 12.9. The van der Waals surface area contributed by atoms with Crippen LogP contribution in [0.4, 0.5) is 19.0 Å². The van der Waals surface area contributed by atoms with Gasteiger partial charge in [0.15, 0.2) is 0 Å². The number of amides is 1. The second kappa shape index (κ2) is 13.5. The van der Waals surface area contributed by atoms with Gasteiger partial charge in [0.2, 0.25) is 0 Å². The smallest absolute Gasteiger partial charge is 0.382 e. The minimum atomic E-state index is -4.54. The van der Waals surface area contributed by atoms with Crippen molar-refractivity contribution in [3.8, 4) is 0 Å². The molecule has 1 unspecified atom stereocenters. The monoisotopic (exact) mass is 583 g/mol. The number of amidine groups is 1. The number of alkyl halides is 3. The predicted octanol–water partition coefficient (Wildman–Crippen LogP) is 3.79. The maximum atomic E-state index is 12.9. The Bertz CT molecular complexity index is 1390. The van der Waals surface area contributed by atoms with Crippen LogP contribution in [0.2, 0.25) is 0 Å². The van der Waals surface area contributed by atoms with Crippen LogP contribution in [0.3, 0.4) is 0 Å². The van der Waals surface area contributed by atoms with Gasteiger partial charge in [-0.2, -0.15) is 13.2 Å². The first-order valence-corrected chi connectivity index (χ1v) is 13.3. The number of anilines is 1. The van der Waals surface area contributed by atoms with Crippen molar-refractivity contribution in [3.05, 3.63) is 77.4 Å². The summed E-state index contributed by atoms with van der Waals surface area (Å²) in [7, 11) is 2.03.